The molecule has 0 bridgehead atoms. The van der Waals surface area contributed by atoms with E-state index < -0.39 is 26.6 Å². The second kappa shape index (κ2) is 11.5. The standard InChI is InChI=1S/C25H29FN4O6S/c1-37(34,35)23(24(31)28-33)7-9-30-16-27-22-15-18(3-5-20(22)25(30)32)19-4-2-17(14-21(19)26)6-8-29-10-12-36-13-11-29/h2-5,14-16,23,33H,6-13H2,1H3,(H,28,31)/t23-/m1/s1. The van der Waals surface area contributed by atoms with Crippen molar-refractivity contribution in [3.8, 4) is 11.1 Å². The van der Waals surface area contributed by atoms with E-state index in [-0.39, 0.29) is 24.2 Å². The Morgan fingerprint density at radius 2 is 1.95 bits per heavy atom. The van der Waals surface area contributed by atoms with Crippen molar-refractivity contribution < 1.29 is 27.5 Å². The summed E-state index contributed by atoms with van der Waals surface area (Å²) in [6, 6.07) is 9.98. The first-order valence-electron chi connectivity index (χ1n) is 11.9. The van der Waals surface area contributed by atoms with Crippen LogP contribution in [0.5, 0.6) is 0 Å². The molecule has 37 heavy (non-hydrogen) atoms. The van der Waals surface area contributed by atoms with E-state index in [4.69, 9.17) is 9.94 Å². The molecule has 0 saturated carbocycles. The van der Waals surface area contributed by atoms with Gasteiger partial charge in [-0.2, -0.15) is 0 Å². The summed E-state index contributed by atoms with van der Waals surface area (Å²) in [4.78, 5) is 31.2. The largest absolute Gasteiger partial charge is 0.379 e. The van der Waals surface area contributed by atoms with Crippen LogP contribution in [0.3, 0.4) is 0 Å². The normalized spacial score (nSPS) is 15.5. The number of fused-ring (bicyclic) bond motifs is 1. The van der Waals surface area contributed by atoms with Crippen LogP contribution in [0.15, 0.2) is 47.5 Å². The van der Waals surface area contributed by atoms with Gasteiger partial charge in [-0.05, 0) is 42.2 Å². The van der Waals surface area contributed by atoms with E-state index in [1.165, 1.54) is 22.4 Å². The van der Waals surface area contributed by atoms with Crippen molar-refractivity contribution in [3.05, 3.63) is 64.5 Å². The number of nitrogens with one attached hydrogen (secondary N) is 1. The summed E-state index contributed by atoms with van der Waals surface area (Å²) in [5, 5.41) is 7.58. The molecule has 12 heteroatoms. The van der Waals surface area contributed by atoms with E-state index in [1.807, 2.05) is 6.07 Å². The minimum atomic E-state index is -3.81. The number of ether oxygens (including phenoxy) is 1. The number of aromatic nitrogens is 2. The highest BCUT2D eigenvalue weighted by molar-refractivity contribution is 7.92. The Hall–Kier alpha value is -3.19. The zero-order valence-corrected chi connectivity index (χ0v) is 21.2. The lowest BCUT2D eigenvalue weighted by Crippen LogP contribution is -2.39. The zero-order chi connectivity index (χ0) is 26.6. The molecule has 2 N–H and O–H groups in total. The highest BCUT2D eigenvalue weighted by atomic mass is 32.2. The maximum absolute atomic E-state index is 15.0. The molecule has 1 saturated heterocycles. The number of benzene rings is 2. The van der Waals surface area contributed by atoms with Crippen LogP contribution >= 0.6 is 0 Å². The lowest BCUT2D eigenvalue weighted by molar-refractivity contribution is -0.128. The Kier molecular flexibility index (Phi) is 8.32. The molecule has 2 aromatic carbocycles. The molecular formula is C25H29FN4O6S. The lowest BCUT2D eigenvalue weighted by Gasteiger charge is -2.26. The van der Waals surface area contributed by atoms with Gasteiger partial charge in [-0.1, -0.05) is 18.2 Å². The Bertz CT molecular complexity index is 1450. The number of hydrogen-bond acceptors (Lipinski definition) is 8. The maximum atomic E-state index is 15.0. The van der Waals surface area contributed by atoms with Gasteiger partial charge in [0.25, 0.3) is 11.5 Å². The molecule has 1 fully saturated rings. The van der Waals surface area contributed by atoms with Crippen LogP contribution in [-0.2, 0) is 32.3 Å². The van der Waals surface area contributed by atoms with Crippen LogP contribution < -0.4 is 11.0 Å². The highest BCUT2D eigenvalue weighted by Crippen LogP contribution is 2.26. The number of halogens is 1. The predicted molar refractivity (Wildman–Crippen MR) is 136 cm³/mol. The molecule has 3 aromatic rings. The van der Waals surface area contributed by atoms with Crippen molar-refractivity contribution in [2.75, 3.05) is 39.1 Å². The third kappa shape index (κ3) is 6.39. The molecule has 1 atom stereocenters. The first-order chi connectivity index (χ1) is 17.7. The van der Waals surface area contributed by atoms with Gasteiger partial charge in [-0.3, -0.25) is 24.3 Å². The number of hydroxylamine groups is 1. The summed E-state index contributed by atoms with van der Waals surface area (Å²) < 4.78 is 45.3. The van der Waals surface area contributed by atoms with Crippen LogP contribution in [-0.4, -0.2) is 78.3 Å². The number of rotatable bonds is 9. The van der Waals surface area contributed by atoms with Crippen molar-refractivity contribution in [2.45, 2.75) is 24.6 Å². The molecule has 0 radical (unpaired) electrons. The topological polar surface area (TPSA) is 131 Å². The van der Waals surface area contributed by atoms with Crippen LogP contribution in [0, 0.1) is 5.82 Å². The summed E-state index contributed by atoms with van der Waals surface area (Å²) in [6.45, 7) is 3.93. The first kappa shape index (κ1) is 26.9. The van der Waals surface area contributed by atoms with Gasteiger partial charge in [0.2, 0.25) is 0 Å². The summed E-state index contributed by atoms with van der Waals surface area (Å²) >= 11 is 0. The second-order valence-electron chi connectivity index (χ2n) is 9.08. The smallest absolute Gasteiger partial charge is 0.261 e. The summed E-state index contributed by atoms with van der Waals surface area (Å²) in [5.41, 5.74) is 3.16. The second-order valence-corrected chi connectivity index (χ2v) is 11.3. The molecule has 1 aromatic heterocycles. The van der Waals surface area contributed by atoms with Gasteiger partial charge in [0.1, 0.15) is 11.1 Å². The van der Waals surface area contributed by atoms with Crippen molar-refractivity contribution >= 4 is 26.6 Å². The van der Waals surface area contributed by atoms with Gasteiger partial charge < -0.3 is 4.74 Å². The molecule has 1 aliphatic heterocycles. The van der Waals surface area contributed by atoms with Crippen molar-refractivity contribution in [3.63, 3.8) is 0 Å². The van der Waals surface area contributed by atoms with Crippen LogP contribution in [0.2, 0.25) is 0 Å². The number of nitrogens with zero attached hydrogens (tertiary/aromatic N) is 3. The number of aryl methyl sites for hydroxylation is 1. The molecular weight excluding hydrogens is 503 g/mol. The third-order valence-electron chi connectivity index (χ3n) is 6.54. The molecule has 0 aliphatic carbocycles. The van der Waals surface area contributed by atoms with Gasteiger partial charge in [-0.25, -0.2) is 23.3 Å². The number of hydrogen-bond donors (Lipinski definition) is 2. The molecule has 4 rings (SSSR count). The minimum absolute atomic E-state index is 0.102. The molecule has 10 nitrogen and oxygen atoms in total. The van der Waals surface area contributed by atoms with Crippen molar-refractivity contribution in [2.24, 2.45) is 0 Å². The molecule has 198 valence electrons. The number of sulfone groups is 1. The van der Waals surface area contributed by atoms with E-state index >= 15 is 0 Å². The number of carbonyl (C=O) groups excluding carboxylic acids is 1. The van der Waals surface area contributed by atoms with Crippen LogP contribution in [0.25, 0.3) is 22.0 Å². The van der Waals surface area contributed by atoms with E-state index in [0.717, 1.165) is 51.1 Å². The van der Waals surface area contributed by atoms with Crippen molar-refractivity contribution in [1.29, 1.82) is 0 Å². The van der Waals surface area contributed by atoms with Crippen molar-refractivity contribution in [1.82, 2.24) is 19.9 Å². The van der Waals surface area contributed by atoms with Gasteiger partial charge >= 0.3 is 0 Å². The minimum Gasteiger partial charge on any atom is -0.379 e. The number of carbonyl (C=O) groups is 1. The Balaban J connectivity index is 1.51. The summed E-state index contributed by atoms with van der Waals surface area (Å²) in [7, 11) is -3.81. The zero-order valence-electron chi connectivity index (χ0n) is 20.4. The average Bonchev–Trinajstić information content (AvgIpc) is 2.88. The fourth-order valence-corrected chi connectivity index (χ4v) is 5.39. The summed E-state index contributed by atoms with van der Waals surface area (Å²) in [5.74, 6) is -1.43. The van der Waals surface area contributed by atoms with E-state index in [1.54, 1.807) is 24.3 Å². The molecule has 2 heterocycles. The van der Waals surface area contributed by atoms with E-state index in [9.17, 15) is 22.4 Å². The summed E-state index contributed by atoms with van der Waals surface area (Å²) in [6.07, 6.45) is 2.65. The molecule has 1 amide bonds. The molecule has 1 aliphatic rings. The first-order valence-corrected chi connectivity index (χ1v) is 13.8. The van der Waals surface area contributed by atoms with Gasteiger partial charge in [0, 0.05) is 38.0 Å². The lowest BCUT2D eigenvalue weighted by atomic mass is 10.0. The Morgan fingerprint density at radius 3 is 2.62 bits per heavy atom. The third-order valence-corrected chi connectivity index (χ3v) is 8.03. The van der Waals surface area contributed by atoms with E-state index in [2.05, 4.69) is 9.88 Å². The monoisotopic (exact) mass is 532 g/mol. The van der Waals surface area contributed by atoms with Crippen LogP contribution in [0.1, 0.15) is 12.0 Å². The quantitative estimate of drug-likeness (QED) is 0.312. The SMILES string of the molecule is CS(=O)(=O)[C@H](CCn1cnc2cc(-c3ccc(CCN4CCOCC4)cc3F)ccc2c1=O)C(=O)NO. The number of morpholine rings is 1. The fraction of sp³-hybridized carbons (Fsp3) is 0.400. The van der Waals surface area contributed by atoms with Gasteiger partial charge in [0.15, 0.2) is 9.84 Å². The Morgan fingerprint density at radius 1 is 1.19 bits per heavy atom. The van der Waals surface area contributed by atoms with Crippen LogP contribution in [0.4, 0.5) is 4.39 Å². The predicted octanol–water partition coefficient (Wildman–Crippen LogP) is 1.39. The number of amides is 1. The Labute approximate surface area is 213 Å². The molecule has 0 spiro atoms. The molecule has 0 unspecified atom stereocenters. The van der Waals surface area contributed by atoms with E-state index in [0.29, 0.717) is 16.6 Å². The maximum Gasteiger partial charge on any atom is 0.261 e. The van der Waals surface area contributed by atoms with Gasteiger partial charge in [-0.15, -0.1) is 0 Å². The fourth-order valence-electron chi connectivity index (χ4n) is 4.41. The van der Waals surface area contributed by atoms with Gasteiger partial charge in [0.05, 0.1) is 30.4 Å². The highest BCUT2D eigenvalue weighted by Gasteiger charge is 2.28. The average molecular weight is 533 g/mol.